The second kappa shape index (κ2) is 6.85. The molecule has 1 nitrogen and oxygen atoms in total. The summed E-state index contributed by atoms with van der Waals surface area (Å²) in [6, 6.07) is 42.1. The van der Waals surface area contributed by atoms with Gasteiger partial charge in [0.15, 0.2) is 0 Å². The number of benzene rings is 5. The van der Waals surface area contributed by atoms with E-state index in [4.69, 9.17) is 0 Å². The molecule has 1 aliphatic carbocycles. The Bertz CT molecular complexity index is 1360. The van der Waals surface area contributed by atoms with E-state index < -0.39 is 0 Å². The summed E-state index contributed by atoms with van der Waals surface area (Å²) in [6.45, 7) is 0. The number of hydrogen-bond acceptors (Lipinski definition) is 1. The molecule has 6 rings (SSSR count). The Labute approximate surface area is 183 Å². The van der Waals surface area contributed by atoms with Gasteiger partial charge in [0.1, 0.15) is 0 Å². The molecule has 31 heavy (non-hydrogen) atoms. The maximum absolute atomic E-state index is 3.36. The van der Waals surface area contributed by atoms with Crippen LogP contribution in [0.4, 0.5) is 5.69 Å². The summed E-state index contributed by atoms with van der Waals surface area (Å²) in [6.07, 6.45) is 0. The summed E-state index contributed by atoms with van der Waals surface area (Å²) in [5.41, 5.74) is 8.70. The third kappa shape index (κ3) is 2.44. The van der Waals surface area contributed by atoms with Crippen LogP contribution in [0.5, 0.6) is 0 Å². The lowest BCUT2D eigenvalue weighted by molar-refractivity contribution is 0.775. The van der Waals surface area contributed by atoms with Crippen molar-refractivity contribution in [1.82, 2.24) is 0 Å². The van der Waals surface area contributed by atoms with E-state index in [1.807, 2.05) is 7.05 Å². The predicted octanol–water partition coefficient (Wildman–Crippen LogP) is 7.24. The lowest BCUT2D eigenvalue weighted by Gasteiger charge is -2.34. The van der Waals surface area contributed by atoms with Gasteiger partial charge in [-0.05, 0) is 56.3 Å². The molecule has 1 heteroatoms. The fourth-order valence-corrected chi connectivity index (χ4v) is 5.42. The molecule has 1 aliphatic rings. The molecule has 148 valence electrons. The molecule has 0 fully saturated rings. The van der Waals surface area contributed by atoms with Gasteiger partial charge in [-0.2, -0.15) is 0 Å². The summed E-state index contributed by atoms with van der Waals surface area (Å²) < 4.78 is 0. The van der Waals surface area contributed by atoms with Gasteiger partial charge in [0.05, 0.1) is 5.41 Å². The van der Waals surface area contributed by atoms with Crippen LogP contribution in [0, 0.1) is 0 Å². The largest absolute Gasteiger partial charge is 0.388 e. The zero-order chi connectivity index (χ0) is 20.8. The van der Waals surface area contributed by atoms with E-state index in [-0.39, 0.29) is 5.41 Å². The molecular weight excluding hydrogens is 374 g/mol. The molecule has 5 aromatic rings. The Morgan fingerprint density at radius 2 is 1.19 bits per heavy atom. The third-order valence-corrected chi connectivity index (χ3v) is 6.72. The maximum Gasteiger partial charge on any atom is 0.0720 e. The van der Waals surface area contributed by atoms with E-state index in [2.05, 4.69) is 121 Å². The highest BCUT2D eigenvalue weighted by molar-refractivity contribution is 6.00. The highest BCUT2D eigenvalue weighted by Gasteiger charge is 2.47. The zero-order valence-electron chi connectivity index (χ0n) is 17.5. The van der Waals surface area contributed by atoms with E-state index in [0.717, 1.165) is 5.69 Å². The Morgan fingerprint density at radius 1 is 0.581 bits per heavy atom. The Balaban J connectivity index is 1.87. The minimum Gasteiger partial charge on any atom is -0.388 e. The average Bonchev–Trinajstić information content (AvgIpc) is 3.16. The molecule has 0 atom stereocenters. The van der Waals surface area contributed by atoms with Crippen molar-refractivity contribution >= 4 is 16.5 Å². The maximum atomic E-state index is 3.36. The lowest BCUT2D eigenvalue weighted by atomic mass is 9.66. The number of nitrogens with one attached hydrogen (secondary N) is 1. The molecule has 0 unspecified atom stereocenters. The van der Waals surface area contributed by atoms with Gasteiger partial charge in [-0.3, -0.25) is 0 Å². The molecule has 0 saturated carbocycles. The zero-order valence-corrected chi connectivity index (χ0v) is 17.5. The summed E-state index contributed by atoms with van der Waals surface area (Å²) in [5.74, 6) is 0. The smallest absolute Gasteiger partial charge is 0.0720 e. The standard InChI is InChI=1S/C30H23N/c1-31-24-17-19-26-27-18-16-21-10-8-9-15-25(21)29(27)30(28(26)20-24,22-11-4-2-5-12-22)23-13-6-3-7-14-23/h2-20,31H,1H3. The first-order chi connectivity index (χ1) is 15.3. The van der Waals surface area contributed by atoms with Gasteiger partial charge >= 0.3 is 0 Å². The van der Waals surface area contributed by atoms with E-state index in [0.29, 0.717) is 0 Å². The Kier molecular flexibility index (Phi) is 3.97. The van der Waals surface area contributed by atoms with Gasteiger partial charge in [0, 0.05) is 12.7 Å². The molecule has 0 bridgehead atoms. The Hall–Kier alpha value is -3.84. The second-order valence-corrected chi connectivity index (χ2v) is 8.20. The van der Waals surface area contributed by atoms with E-state index in [1.54, 1.807) is 0 Å². The minimum atomic E-state index is -0.374. The fourth-order valence-electron chi connectivity index (χ4n) is 5.42. The van der Waals surface area contributed by atoms with Gasteiger partial charge < -0.3 is 5.32 Å². The first-order valence-electron chi connectivity index (χ1n) is 10.8. The van der Waals surface area contributed by atoms with Crippen LogP contribution in [-0.2, 0) is 5.41 Å². The van der Waals surface area contributed by atoms with Crippen molar-refractivity contribution in [2.75, 3.05) is 12.4 Å². The molecule has 0 amide bonds. The SMILES string of the molecule is CNc1ccc2c(c1)C(c1ccccc1)(c1ccccc1)c1c-2ccc2ccccc12. The lowest BCUT2D eigenvalue weighted by Crippen LogP contribution is -2.28. The van der Waals surface area contributed by atoms with Crippen molar-refractivity contribution < 1.29 is 0 Å². The van der Waals surface area contributed by atoms with Crippen molar-refractivity contribution in [3.63, 3.8) is 0 Å². The molecule has 0 spiro atoms. The van der Waals surface area contributed by atoms with Crippen molar-refractivity contribution in [1.29, 1.82) is 0 Å². The fraction of sp³-hybridized carbons (Fsp3) is 0.0667. The number of fused-ring (bicyclic) bond motifs is 5. The highest BCUT2D eigenvalue weighted by atomic mass is 14.8. The number of hydrogen-bond donors (Lipinski definition) is 1. The van der Waals surface area contributed by atoms with Gasteiger partial charge in [0.2, 0.25) is 0 Å². The van der Waals surface area contributed by atoms with Crippen LogP contribution in [0.15, 0.2) is 115 Å². The summed E-state index contributed by atoms with van der Waals surface area (Å²) in [5, 5.41) is 5.95. The van der Waals surface area contributed by atoms with Crippen LogP contribution in [0.3, 0.4) is 0 Å². The van der Waals surface area contributed by atoms with Crippen LogP contribution in [0.2, 0.25) is 0 Å². The van der Waals surface area contributed by atoms with Gasteiger partial charge in [-0.25, -0.2) is 0 Å². The van der Waals surface area contributed by atoms with Gasteiger partial charge in [-0.15, -0.1) is 0 Å². The average molecular weight is 398 g/mol. The van der Waals surface area contributed by atoms with Crippen molar-refractivity contribution in [3.8, 4) is 11.1 Å². The summed E-state index contributed by atoms with van der Waals surface area (Å²) >= 11 is 0. The van der Waals surface area contributed by atoms with Gasteiger partial charge in [0.25, 0.3) is 0 Å². The predicted molar refractivity (Wildman–Crippen MR) is 131 cm³/mol. The van der Waals surface area contributed by atoms with Crippen molar-refractivity contribution in [2.45, 2.75) is 5.41 Å². The summed E-state index contributed by atoms with van der Waals surface area (Å²) in [7, 11) is 1.99. The molecule has 0 aromatic heterocycles. The van der Waals surface area contributed by atoms with Crippen LogP contribution >= 0.6 is 0 Å². The van der Waals surface area contributed by atoms with E-state index in [1.165, 1.54) is 44.2 Å². The normalized spacial score (nSPS) is 13.6. The van der Waals surface area contributed by atoms with Crippen LogP contribution in [-0.4, -0.2) is 7.05 Å². The third-order valence-electron chi connectivity index (χ3n) is 6.72. The topological polar surface area (TPSA) is 12.0 Å². The summed E-state index contributed by atoms with van der Waals surface area (Å²) in [4.78, 5) is 0. The minimum absolute atomic E-state index is 0.374. The van der Waals surface area contributed by atoms with Crippen molar-refractivity contribution in [3.05, 3.63) is 138 Å². The second-order valence-electron chi connectivity index (χ2n) is 8.20. The molecule has 0 saturated heterocycles. The molecule has 5 aromatic carbocycles. The number of rotatable bonds is 3. The molecule has 0 heterocycles. The van der Waals surface area contributed by atoms with E-state index in [9.17, 15) is 0 Å². The quantitative estimate of drug-likeness (QED) is 0.332. The highest BCUT2D eigenvalue weighted by Crippen LogP contribution is 2.58. The molecule has 0 aliphatic heterocycles. The van der Waals surface area contributed by atoms with E-state index >= 15 is 0 Å². The molecule has 0 radical (unpaired) electrons. The first kappa shape index (κ1) is 18.0. The molecular formula is C30H23N. The van der Waals surface area contributed by atoms with Crippen LogP contribution < -0.4 is 5.32 Å². The van der Waals surface area contributed by atoms with Crippen LogP contribution in [0.1, 0.15) is 22.3 Å². The molecule has 1 N–H and O–H groups in total. The van der Waals surface area contributed by atoms with Crippen LogP contribution in [0.25, 0.3) is 21.9 Å². The Morgan fingerprint density at radius 3 is 1.87 bits per heavy atom. The van der Waals surface area contributed by atoms with Gasteiger partial charge in [-0.1, -0.05) is 103 Å². The monoisotopic (exact) mass is 397 g/mol. The number of anilines is 1. The first-order valence-corrected chi connectivity index (χ1v) is 10.8. The van der Waals surface area contributed by atoms with Crippen molar-refractivity contribution in [2.24, 2.45) is 0 Å².